The average Bonchev–Trinajstić information content (AvgIpc) is 2.83. The molecule has 0 radical (unpaired) electrons. The molecule has 1 heterocycles. The molecule has 1 aromatic carbocycles. The Morgan fingerprint density at radius 2 is 1.81 bits per heavy atom. The Kier molecular flexibility index (Phi) is 9.15. The molecule has 3 rings (SSSR count). The van der Waals surface area contributed by atoms with Crippen molar-refractivity contribution in [3.63, 3.8) is 0 Å². The van der Waals surface area contributed by atoms with E-state index < -0.39 is 39.0 Å². The van der Waals surface area contributed by atoms with Gasteiger partial charge in [-0.3, -0.25) is 9.52 Å². The number of halogens is 4. The Hall–Kier alpha value is -2.34. The zero-order valence-electron chi connectivity index (χ0n) is 20.9. The lowest BCUT2D eigenvalue weighted by atomic mass is 9.79. The number of carbonyl (C=O) groups is 1. The van der Waals surface area contributed by atoms with Crippen LogP contribution in [0.4, 0.5) is 23.2 Å². The second-order valence-corrected chi connectivity index (χ2v) is 12.5. The van der Waals surface area contributed by atoms with E-state index >= 15 is 0 Å². The predicted octanol–water partition coefficient (Wildman–Crippen LogP) is 6.02. The van der Waals surface area contributed by atoms with Gasteiger partial charge < -0.3 is 5.32 Å². The van der Waals surface area contributed by atoms with Crippen molar-refractivity contribution in [2.75, 3.05) is 11.0 Å². The first-order chi connectivity index (χ1) is 17.2. The predicted molar refractivity (Wildman–Crippen MR) is 136 cm³/mol. The minimum atomic E-state index is -4.58. The standard InChI is InChI=1S/C25H31F4N3O3S2/c1-4-24(2,17-11-12-20(19(26)14-17)32-37(3,34)35)23(33)30-15-16-10-13-21(25(27,28)29)31-22(16)36-18-8-6-5-7-9-18/h10-14,18,32H,4-9,15H2,1-3H3,(H,30,33). The minimum absolute atomic E-state index is 0.0369. The molecule has 1 aliphatic carbocycles. The van der Waals surface area contributed by atoms with E-state index in [9.17, 15) is 30.8 Å². The van der Waals surface area contributed by atoms with E-state index in [0.29, 0.717) is 17.5 Å². The molecule has 1 unspecified atom stereocenters. The van der Waals surface area contributed by atoms with Gasteiger partial charge in [0.15, 0.2) is 0 Å². The van der Waals surface area contributed by atoms with Gasteiger partial charge in [-0.15, -0.1) is 11.8 Å². The number of carbonyl (C=O) groups excluding carboxylic acids is 1. The van der Waals surface area contributed by atoms with E-state index in [4.69, 9.17) is 0 Å². The highest BCUT2D eigenvalue weighted by Gasteiger charge is 2.35. The number of amides is 1. The molecule has 1 aromatic heterocycles. The lowest BCUT2D eigenvalue weighted by molar-refractivity contribution is -0.141. The molecule has 37 heavy (non-hydrogen) atoms. The van der Waals surface area contributed by atoms with Crippen LogP contribution in [0.2, 0.25) is 0 Å². The maximum absolute atomic E-state index is 14.6. The SMILES string of the molecule is CCC(C)(C(=O)NCc1ccc(C(F)(F)F)nc1SC1CCCCC1)c1ccc(NS(C)(=O)=O)c(F)c1. The number of alkyl halides is 3. The zero-order valence-corrected chi connectivity index (χ0v) is 22.5. The Bertz CT molecular complexity index is 1230. The quantitative estimate of drug-likeness (QED) is 0.366. The molecule has 1 saturated carbocycles. The third-order valence-electron chi connectivity index (χ3n) is 6.61. The summed E-state index contributed by atoms with van der Waals surface area (Å²) in [4.78, 5) is 17.2. The van der Waals surface area contributed by atoms with Gasteiger partial charge >= 0.3 is 6.18 Å². The maximum atomic E-state index is 14.6. The molecule has 1 fully saturated rings. The molecule has 0 spiro atoms. The molecular formula is C25H31F4N3O3S2. The third-order valence-corrected chi connectivity index (χ3v) is 8.58. The maximum Gasteiger partial charge on any atom is 0.433 e. The largest absolute Gasteiger partial charge is 0.433 e. The number of anilines is 1. The fourth-order valence-electron chi connectivity index (χ4n) is 4.21. The van der Waals surface area contributed by atoms with Gasteiger partial charge in [-0.1, -0.05) is 38.3 Å². The van der Waals surface area contributed by atoms with Crippen LogP contribution in [0.5, 0.6) is 0 Å². The van der Waals surface area contributed by atoms with Crippen LogP contribution in [0.1, 0.15) is 69.2 Å². The number of thioether (sulfide) groups is 1. The summed E-state index contributed by atoms with van der Waals surface area (Å²) < 4.78 is 79.5. The Morgan fingerprint density at radius 1 is 1.14 bits per heavy atom. The summed E-state index contributed by atoms with van der Waals surface area (Å²) in [6.07, 6.45) is 1.58. The Morgan fingerprint density at radius 3 is 2.38 bits per heavy atom. The first-order valence-corrected chi connectivity index (χ1v) is 14.8. The van der Waals surface area contributed by atoms with Crippen molar-refractivity contribution < 1.29 is 30.8 Å². The second kappa shape index (κ2) is 11.6. The molecule has 204 valence electrons. The summed E-state index contributed by atoms with van der Waals surface area (Å²) in [5.74, 6) is -1.26. The van der Waals surface area contributed by atoms with E-state index in [1.807, 2.05) is 0 Å². The number of benzene rings is 1. The van der Waals surface area contributed by atoms with Gasteiger partial charge in [0.2, 0.25) is 15.9 Å². The van der Waals surface area contributed by atoms with Crippen LogP contribution >= 0.6 is 11.8 Å². The average molecular weight is 562 g/mol. The van der Waals surface area contributed by atoms with E-state index in [-0.39, 0.29) is 22.5 Å². The van der Waals surface area contributed by atoms with Crippen LogP contribution in [-0.4, -0.2) is 30.8 Å². The minimum Gasteiger partial charge on any atom is -0.351 e. The highest BCUT2D eigenvalue weighted by molar-refractivity contribution is 7.99. The van der Waals surface area contributed by atoms with Gasteiger partial charge in [-0.05, 0) is 49.9 Å². The Balaban J connectivity index is 1.82. The van der Waals surface area contributed by atoms with E-state index in [1.54, 1.807) is 13.8 Å². The van der Waals surface area contributed by atoms with Crippen LogP contribution < -0.4 is 10.0 Å². The van der Waals surface area contributed by atoms with Gasteiger partial charge in [-0.25, -0.2) is 17.8 Å². The lowest BCUT2D eigenvalue weighted by Gasteiger charge is -2.28. The van der Waals surface area contributed by atoms with Crippen LogP contribution in [0, 0.1) is 5.82 Å². The van der Waals surface area contributed by atoms with Gasteiger partial charge in [0.1, 0.15) is 16.5 Å². The van der Waals surface area contributed by atoms with Crippen molar-refractivity contribution in [3.8, 4) is 0 Å². The van der Waals surface area contributed by atoms with Crippen molar-refractivity contribution in [1.82, 2.24) is 10.3 Å². The van der Waals surface area contributed by atoms with Crippen molar-refractivity contribution in [1.29, 1.82) is 0 Å². The van der Waals surface area contributed by atoms with E-state index in [2.05, 4.69) is 15.0 Å². The second-order valence-electron chi connectivity index (χ2n) is 9.47. The third kappa shape index (κ3) is 7.59. The van der Waals surface area contributed by atoms with Crippen molar-refractivity contribution in [2.24, 2.45) is 0 Å². The molecular weight excluding hydrogens is 530 g/mol. The molecule has 0 aliphatic heterocycles. The van der Waals surface area contributed by atoms with E-state index in [0.717, 1.165) is 50.5 Å². The fourth-order valence-corrected chi connectivity index (χ4v) is 6.10. The molecule has 12 heteroatoms. The highest BCUT2D eigenvalue weighted by atomic mass is 32.2. The van der Waals surface area contributed by atoms with Crippen LogP contribution in [0.25, 0.3) is 0 Å². The number of aromatic nitrogens is 1. The monoisotopic (exact) mass is 561 g/mol. The molecule has 0 bridgehead atoms. The number of rotatable bonds is 9. The van der Waals surface area contributed by atoms with Crippen molar-refractivity contribution in [3.05, 3.63) is 53.0 Å². The van der Waals surface area contributed by atoms with Crippen LogP contribution in [-0.2, 0) is 33.0 Å². The summed E-state index contributed by atoms with van der Waals surface area (Å²) >= 11 is 1.32. The fraction of sp³-hybridized carbons (Fsp3) is 0.520. The summed E-state index contributed by atoms with van der Waals surface area (Å²) in [6.45, 7) is 3.35. The van der Waals surface area contributed by atoms with Gasteiger partial charge in [0, 0.05) is 17.4 Å². The summed E-state index contributed by atoms with van der Waals surface area (Å²) in [7, 11) is -3.68. The van der Waals surface area contributed by atoms with Crippen LogP contribution in [0.15, 0.2) is 35.4 Å². The topological polar surface area (TPSA) is 88.2 Å². The first-order valence-electron chi connectivity index (χ1n) is 12.0. The number of sulfonamides is 1. The highest BCUT2D eigenvalue weighted by Crippen LogP contribution is 2.37. The summed E-state index contributed by atoms with van der Waals surface area (Å²) in [5.41, 5.74) is -1.55. The number of nitrogens with zero attached hydrogens (tertiary/aromatic N) is 1. The number of hydrogen-bond acceptors (Lipinski definition) is 5. The van der Waals surface area contributed by atoms with Gasteiger partial charge in [0.25, 0.3) is 0 Å². The molecule has 1 amide bonds. The summed E-state index contributed by atoms with van der Waals surface area (Å²) in [6, 6.07) is 6.10. The number of nitrogens with one attached hydrogen (secondary N) is 2. The molecule has 1 aliphatic rings. The molecule has 1 atom stereocenters. The van der Waals surface area contributed by atoms with Crippen molar-refractivity contribution >= 4 is 33.4 Å². The Labute approximate surface area is 219 Å². The lowest BCUT2D eigenvalue weighted by Crippen LogP contribution is -2.41. The molecule has 6 nitrogen and oxygen atoms in total. The van der Waals surface area contributed by atoms with Gasteiger partial charge in [-0.2, -0.15) is 13.2 Å². The van der Waals surface area contributed by atoms with Crippen molar-refractivity contribution in [2.45, 2.75) is 80.8 Å². The number of pyridine rings is 1. The van der Waals surface area contributed by atoms with E-state index in [1.165, 1.54) is 30.0 Å². The van der Waals surface area contributed by atoms with Crippen LogP contribution in [0.3, 0.4) is 0 Å². The normalized spacial score (nSPS) is 16.7. The zero-order chi connectivity index (χ0) is 27.4. The smallest absolute Gasteiger partial charge is 0.351 e. The van der Waals surface area contributed by atoms with Gasteiger partial charge in [0.05, 0.1) is 17.4 Å². The molecule has 2 N–H and O–H groups in total. The summed E-state index contributed by atoms with van der Waals surface area (Å²) in [5, 5.41) is 3.21. The molecule has 2 aromatic rings. The number of hydrogen-bond donors (Lipinski definition) is 2. The first kappa shape index (κ1) is 29.2. The molecule has 0 saturated heterocycles.